The molecule has 2 fully saturated rings. The SMILES string of the molecule is CNC(C)C(=O)N[C@H]1CC(=O)N[C@H]2CC(C)(C)C(C(=O)N[C@@H]3CCCc4ccccc43)N2C1=O. The third kappa shape index (κ3) is 4.53. The number of hydrogen-bond acceptors (Lipinski definition) is 5. The summed E-state index contributed by atoms with van der Waals surface area (Å²) in [6.45, 7) is 5.56. The minimum Gasteiger partial charge on any atom is -0.347 e. The number of carbonyl (C=O) groups is 4. The summed E-state index contributed by atoms with van der Waals surface area (Å²) in [4.78, 5) is 53.9. The molecule has 0 saturated carbocycles. The Hall–Kier alpha value is -2.94. The minimum atomic E-state index is -1.02. The molecule has 0 bridgehead atoms. The number of carbonyl (C=O) groups excluding carboxylic acids is 4. The molecule has 1 aliphatic carbocycles. The predicted molar refractivity (Wildman–Crippen MR) is 126 cm³/mol. The average molecular weight is 470 g/mol. The van der Waals surface area contributed by atoms with Crippen molar-refractivity contribution in [3.63, 3.8) is 0 Å². The van der Waals surface area contributed by atoms with Crippen molar-refractivity contribution in [1.82, 2.24) is 26.2 Å². The molecule has 4 amide bonds. The van der Waals surface area contributed by atoms with Crippen molar-refractivity contribution in [3.05, 3.63) is 35.4 Å². The molecule has 34 heavy (non-hydrogen) atoms. The van der Waals surface area contributed by atoms with Crippen LogP contribution < -0.4 is 21.3 Å². The molecule has 2 heterocycles. The second-order valence-corrected chi connectivity index (χ2v) is 10.4. The summed E-state index contributed by atoms with van der Waals surface area (Å²) >= 11 is 0. The number of amides is 4. The zero-order valence-electron chi connectivity index (χ0n) is 20.3. The molecule has 2 aliphatic heterocycles. The van der Waals surface area contributed by atoms with Gasteiger partial charge in [0, 0.05) is 0 Å². The first kappa shape index (κ1) is 24.2. The van der Waals surface area contributed by atoms with Gasteiger partial charge in [-0.2, -0.15) is 0 Å². The van der Waals surface area contributed by atoms with Gasteiger partial charge in [-0.25, -0.2) is 0 Å². The van der Waals surface area contributed by atoms with Crippen molar-refractivity contribution in [3.8, 4) is 0 Å². The molecule has 2 saturated heterocycles. The standard InChI is InChI=1S/C25H35N5O4/c1-14(26-4)22(32)28-18-12-20(31)29-19-13-25(2,3)21(30(19)24(18)34)23(33)27-17-11-7-9-15-8-5-6-10-16(15)17/h5-6,8,10,14,17-19,21,26H,7,9,11-13H2,1-4H3,(H,27,33)(H,28,32)(H,29,31)/t14?,17-,18+,19-,21?/m1/s1. The highest BCUT2D eigenvalue weighted by Crippen LogP contribution is 2.41. The Morgan fingerprint density at radius 1 is 1.15 bits per heavy atom. The highest BCUT2D eigenvalue weighted by molar-refractivity contribution is 5.98. The molecular formula is C25H35N5O4. The Bertz CT molecular complexity index is 993. The van der Waals surface area contributed by atoms with Crippen molar-refractivity contribution >= 4 is 23.6 Å². The van der Waals surface area contributed by atoms with Crippen molar-refractivity contribution < 1.29 is 19.2 Å². The molecule has 4 N–H and O–H groups in total. The molecule has 0 radical (unpaired) electrons. The summed E-state index contributed by atoms with van der Waals surface area (Å²) in [6.07, 6.45) is 2.52. The lowest BCUT2D eigenvalue weighted by Gasteiger charge is -2.35. The molecule has 1 aromatic carbocycles. The van der Waals surface area contributed by atoms with E-state index in [-0.39, 0.29) is 30.2 Å². The van der Waals surface area contributed by atoms with Crippen LogP contribution in [0.2, 0.25) is 0 Å². The maximum absolute atomic E-state index is 13.7. The molecule has 0 spiro atoms. The number of hydrogen-bond donors (Lipinski definition) is 4. The third-order valence-corrected chi connectivity index (χ3v) is 7.42. The van der Waals surface area contributed by atoms with E-state index in [1.54, 1.807) is 14.0 Å². The fourth-order valence-electron chi connectivity index (χ4n) is 5.54. The van der Waals surface area contributed by atoms with Gasteiger partial charge in [0.2, 0.25) is 23.6 Å². The predicted octanol–water partition coefficient (Wildman–Crippen LogP) is 0.746. The largest absolute Gasteiger partial charge is 0.347 e. The van der Waals surface area contributed by atoms with E-state index in [9.17, 15) is 19.2 Å². The maximum atomic E-state index is 13.7. The second-order valence-electron chi connectivity index (χ2n) is 10.4. The van der Waals surface area contributed by atoms with E-state index in [1.807, 2.05) is 32.0 Å². The van der Waals surface area contributed by atoms with Crippen LogP contribution in [0.25, 0.3) is 0 Å². The van der Waals surface area contributed by atoms with Crippen LogP contribution in [0.4, 0.5) is 0 Å². The van der Waals surface area contributed by atoms with Crippen molar-refractivity contribution in [1.29, 1.82) is 0 Å². The molecule has 3 aliphatic rings. The fourth-order valence-corrected chi connectivity index (χ4v) is 5.54. The van der Waals surface area contributed by atoms with Gasteiger partial charge in [-0.15, -0.1) is 0 Å². The van der Waals surface area contributed by atoms with Crippen LogP contribution in [0.3, 0.4) is 0 Å². The highest BCUT2D eigenvalue weighted by atomic mass is 16.2. The van der Waals surface area contributed by atoms with Gasteiger partial charge in [0.05, 0.1) is 18.5 Å². The Morgan fingerprint density at radius 2 is 1.88 bits per heavy atom. The highest BCUT2D eigenvalue weighted by Gasteiger charge is 2.55. The molecule has 9 nitrogen and oxygen atoms in total. The van der Waals surface area contributed by atoms with E-state index in [2.05, 4.69) is 27.3 Å². The molecule has 184 valence electrons. The van der Waals surface area contributed by atoms with Crippen molar-refractivity contribution in [2.75, 3.05) is 7.05 Å². The topological polar surface area (TPSA) is 120 Å². The van der Waals surface area contributed by atoms with Crippen molar-refractivity contribution in [2.45, 2.75) is 83.2 Å². The van der Waals surface area contributed by atoms with E-state index in [1.165, 1.54) is 10.5 Å². The van der Waals surface area contributed by atoms with Crippen LogP contribution in [0, 0.1) is 5.41 Å². The maximum Gasteiger partial charge on any atom is 0.248 e. The van der Waals surface area contributed by atoms with Crippen LogP contribution in [0.5, 0.6) is 0 Å². The number of benzene rings is 1. The van der Waals surface area contributed by atoms with Gasteiger partial charge in [0.15, 0.2) is 0 Å². The normalized spacial score (nSPS) is 28.8. The van der Waals surface area contributed by atoms with Crippen LogP contribution in [0.1, 0.15) is 63.6 Å². The summed E-state index contributed by atoms with van der Waals surface area (Å²) < 4.78 is 0. The van der Waals surface area contributed by atoms with Crippen LogP contribution in [0.15, 0.2) is 24.3 Å². The van der Waals surface area contributed by atoms with Crippen LogP contribution in [-0.2, 0) is 25.6 Å². The zero-order valence-corrected chi connectivity index (χ0v) is 20.3. The monoisotopic (exact) mass is 469 g/mol. The summed E-state index contributed by atoms with van der Waals surface area (Å²) in [5.41, 5.74) is 1.80. The van der Waals surface area contributed by atoms with Gasteiger partial charge in [0.1, 0.15) is 18.2 Å². The second kappa shape index (κ2) is 9.37. The Labute approximate surface area is 200 Å². The number of rotatable bonds is 5. The molecule has 9 heteroatoms. The Morgan fingerprint density at radius 3 is 2.62 bits per heavy atom. The molecule has 2 unspecified atom stereocenters. The summed E-state index contributed by atoms with van der Waals surface area (Å²) in [5, 5.41) is 11.6. The van der Waals surface area contributed by atoms with Gasteiger partial charge in [0.25, 0.3) is 0 Å². The summed E-state index contributed by atoms with van der Waals surface area (Å²) in [7, 11) is 1.65. The van der Waals surface area contributed by atoms with E-state index in [0.29, 0.717) is 6.42 Å². The van der Waals surface area contributed by atoms with E-state index >= 15 is 0 Å². The smallest absolute Gasteiger partial charge is 0.248 e. The number of aryl methyl sites for hydroxylation is 1. The molecule has 4 rings (SSSR count). The number of likely N-dealkylation sites (N-methyl/N-ethyl adjacent to an activating group) is 1. The zero-order chi connectivity index (χ0) is 24.6. The molecule has 0 aromatic heterocycles. The average Bonchev–Trinajstić information content (AvgIpc) is 3.01. The number of nitrogens with one attached hydrogen (secondary N) is 4. The van der Waals surface area contributed by atoms with Crippen molar-refractivity contribution in [2.24, 2.45) is 5.41 Å². The first-order valence-corrected chi connectivity index (χ1v) is 12.1. The van der Waals surface area contributed by atoms with Gasteiger partial charge >= 0.3 is 0 Å². The van der Waals surface area contributed by atoms with Crippen LogP contribution in [-0.4, -0.2) is 59.9 Å². The quantitative estimate of drug-likeness (QED) is 0.507. The molecule has 5 atom stereocenters. The van der Waals surface area contributed by atoms with Crippen LogP contribution >= 0.6 is 0 Å². The molecule has 1 aromatic rings. The lowest BCUT2D eigenvalue weighted by atomic mass is 9.82. The van der Waals surface area contributed by atoms with Gasteiger partial charge in [-0.1, -0.05) is 38.1 Å². The molecular weight excluding hydrogens is 434 g/mol. The summed E-state index contributed by atoms with van der Waals surface area (Å²) in [6, 6.07) is 5.71. The third-order valence-electron chi connectivity index (χ3n) is 7.42. The van der Waals surface area contributed by atoms with E-state index < -0.39 is 35.6 Å². The summed E-state index contributed by atoms with van der Waals surface area (Å²) in [5.74, 6) is -1.33. The lowest BCUT2D eigenvalue weighted by Crippen LogP contribution is -2.59. The first-order chi connectivity index (χ1) is 16.1. The number of nitrogens with zero attached hydrogens (tertiary/aromatic N) is 1. The first-order valence-electron chi connectivity index (χ1n) is 12.1. The van der Waals surface area contributed by atoms with Gasteiger partial charge < -0.3 is 26.2 Å². The van der Waals surface area contributed by atoms with Gasteiger partial charge in [-0.3, -0.25) is 19.2 Å². The van der Waals surface area contributed by atoms with E-state index in [4.69, 9.17) is 0 Å². The number of fused-ring (bicyclic) bond motifs is 2. The minimum absolute atomic E-state index is 0.115. The Kier molecular flexibility index (Phi) is 6.66. The fraction of sp³-hybridized carbons (Fsp3) is 0.600. The lowest BCUT2D eigenvalue weighted by molar-refractivity contribution is -0.145. The van der Waals surface area contributed by atoms with E-state index in [0.717, 1.165) is 24.8 Å². The Balaban J connectivity index is 1.59. The van der Waals surface area contributed by atoms with Gasteiger partial charge in [-0.05, 0) is 56.2 Å².